The van der Waals surface area contributed by atoms with Gasteiger partial charge in [0, 0.05) is 4.47 Å². The van der Waals surface area contributed by atoms with E-state index in [-0.39, 0.29) is 22.7 Å². The molecule has 1 amide bonds. The summed E-state index contributed by atoms with van der Waals surface area (Å²) in [7, 11) is 0. The molecule has 6 nitrogen and oxygen atoms in total. The summed E-state index contributed by atoms with van der Waals surface area (Å²) in [5.41, 5.74) is 0.196. The van der Waals surface area contributed by atoms with Crippen LogP contribution in [0.1, 0.15) is 0 Å². The molecule has 0 fully saturated rings. The van der Waals surface area contributed by atoms with E-state index in [9.17, 15) is 14.7 Å². The smallest absolute Gasteiger partial charge is 0.255 e. The SMILES string of the molecule is O=C(CSc1nc(O)cc(=O)[nH]1)Nc1ccccc1Br. The molecule has 1 heterocycles. The van der Waals surface area contributed by atoms with E-state index in [1.165, 1.54) is 0 Å². The van der Waals surface area contributed by atoms with Crippen molar-refractivity contribution in [1.29, 1.82) is 0 Å². The number of rotatable bonds is 4. The highest BCUT2D eigenvalue weighted by atomic mass is 79.9. The molecule has 0 unspecified atom stereocenters. The summed E-state index contributed by atoms with van der Waals surface area (Å²) in [5.74, 6) is -0.552. The third-order valence-electron chi connectivity index (χ3n) is 2.19. The number of amides is 1. The molecule has 20 heavy (non-hydrogen) atoms. The first-order valence-electron chi connectivity index (χ1n) is 5.52. The summed E-state index contributed by atoms with van der Waals surface area (Å²) in [4.78, 5) is 29.0. The zero-order chi connectivity index (χ0) is 14.5. The number of carbonyl (C=O) groups excluding carboxylic acids is 1. The van der Waals surface area contributed by atoms with Crippen molar-refractivity contribution in [3.63, 3.8) is 0 Å². The van der Waals surface area contributed by atoms with Crippen LogP contribution < -0.4 is 10.9 Å². The number of aromatic amines is 1. The Hall–Kier alpha value is -1.80. The Labute approximate surface area is 126 Å². The number of hydrogen-bond acceptors (Lipinski definition) is 5. The zero-order valence-corrected chi connectivity index (χ0v) is 12.5. The van der Waals surface area contributed by atoms with Gasteiger partial charge in [0.15, 0.2) is 5.16 Å². The minimum absolute atomic E-state index is 0.0632. The van der Waals surface area contributed by atoms with Crippen LogP contribution in [0.4, 0.5) is 5.69 Å². The molecule has 0 aliphatic heterocycles. The number of benzene rings is 1. The molecule has 1 aromatic heterocycles. The first-order valence-corrected chi connectivity index (χ1v) is 7.30. The maximum absolute atomic E-state index is 11.8. The van der Waals surface area contributed by atoms with E-state index in [2.05, 4.69) is 31.2 Å². The second-order valence-electron chi connectivity index (χ2n) is 3.73. The molecule has 0 radical (unpaired) electrons. The first-order chi connectivity index (χ1) is 9.54. The van der Waals surface area contributed by atoms with Gasteiger partial charge >= 0.3 is 0 Å². The lowest BCUT2D eigenvalue weighted by Gasteiger charge is -2.06. The molecule has 0 atom stereocenters. The molecule has 0 aliphatic carbocycles. The van der Waals surface area contributed by atoms with Crippen molar-refractivity contribution in [3.05, 3.63) is 45.2 Å². The lowest BCUT2D eigenvalue weighted by molar-refractivity contribution is -0.113. The number of aromatic nitrogens is 2. The second-order valence-corrected chi connectivity index (χ2v) is 5.54. The molecule has 8 heteroatoms. The average Bonchev–Trinajstić information content (AvgIpc) is 2.38. The highest BCUT2D eigenvalue weighted by Gasteiger charge is 2.08. The Balaban J connectivity index is 1.96. The largest absolute Gasteiger partial charge is 0.493 e. The van der Waals surface area contributed by atoms with Gasteiger partial charge < -0.3 is 15.4 Å². The Morgan fingerprint density at radius 3 is 2.90 bits per heavy atom. The molecule has 2 rings (SSSR count). The van der Waals surface area contributed by atoms with Gasteiger partial charge in [-0.2, -0.15) is 4.98 Å². The standard InChI is InChI=1S/C12H10BrN3O3S/c13-7-3-1-2-4-8(7)14-11(19)6-20-12-15-9(17)5-10(18)16-12/h1-5H,6H2,(H,14,19)(H2,15,16,17,18). The van der Waals surface area contributed by atoms with E-state index in [1.54, 1.807) is 6.07 Å². The number of aromatic hydroxyl groups is 1. The Morgan fingerprint density at radius 2 is 2.20 bits per heavy atom. The van der Waals surface area contributed by atoms with E-state index in [0.29, 0.717) is 5.69 Å². The molecule has 1 aromatic carbocycles. The summed E-state index contributed by atoms with van der Waals surface area (Å²) in [6.45, 7) is 0. The molecular weight excluding hydrogens is 346 g/mol. The third kappa shape index (κ3) is 4.10. The number of halogens is 1. The number of carbonyl (C=O) groups is 1. The van der Waals surface area contributed by atoms with E-state index < -0.39 is 5.56 Å². The molecule has 104 valence electrons. The van der Waals surface area contributed by atoms with E-state index in [4.69, 9.17) is 0 Å². The highest BCUT2D eigenvalue weighted by molar-refractivity contribution is 9.10. The van der Waals surface area contributed by atoms with Crippen LogP contribution in [0.3, 0.4) is 0 Å². The number of para-hydroxylation sites is 1. The lowest BCUT2D eigenvalue weighted by Crippen LogP contribution is -2.15. The van der Waals surface area contributed by atoms with Crippen LogP contribution in [0, 0.1) is 0 Å². The quantitative estimate of drug-likeness (QED) is 0.575. The summed E-state index contributed by atoms with van der Waals surface area (Å²) in [6.07, 6.45) is 0. The molecule has 3 N–H and O–H groups in total. The van der Waals surface area contributed by atoms with Gasteiger partial charge in [0.05, 0.1) is 17.5 Å². The van der Waals surface area contributed by atoms with Crippen molar-refractivity contribution >= 4 is 39.3 Å². The van der Waals surface area contributed by atoms with Crippen LogP contribution in [0.15, 0.2) is 44.8 Å². The van der Waals surface area contributed by atoms with E-state index in [0.717, 1.165) is 22.3 Å². The monoisotopic (exact) mass is 355 g/mol. The fourth-order valence-corrected chi connectivity index (χ4v) is 2.43. The van der Waals surface area contributed by atoms with Gasteiger partial charge in [-0.05, 0) is 28.1 Å². The van der Waals surface area contributed by atoms with Crippen molar-refractivity contribution in [2.75, 3.05) is 11.1 Å². The first kappa shape index (κ1) is 14.6. The Morgan fingerprint density at radius 1 is 1.45 bits per heavy atom. The van der Waals surface area contributed by atoms with Crippen molar-refractivity contribution in [1.82, 2.24) is 9.97 Å². The summed E-state index contributed by atoms with van der Waals surface area (Å²) in [5, 5.41) is 12.1. The van der Waals surface area contributed by atoms with Crippen molar-refractivity contribution < 1.29 is 9.90 Å². The highest BCUT2D eigenvalue weighted by Crippen LogP contribution is 2.21. The van der Waals surface area contributed by atoms with Gasteiger partial charge in [-0.1, -0.05) is 23.9 Å². The topological polar surface area (TPSA) is 95.1 Å². The molecule has 0 bridgehead atoms. The summed E-state index contributed by atoms with van der Waals surface area (Å²) < 4.78 is 0.780. The zero-order valence-electron chi connectivity index (χ0n) is 10.1. The third-order valence-corrected chi connectivity index (χ3v) is 3.76. The number of H-pyrrole nitrogens is 1. The van der Waals surface area contributed by atoms with Crippen LogP contribution in [0.2, 0.25) is 0 Å². The van der Waals surface area contributed by atoms with Gasteiger partial charge in [0.25, 0.3) is 5.56 Å². The van der Waals surface area contributed by atoms with Crippen LogP contribution >= 0.6 is 27.7 Å². The maximum atomic E-state index is 11.8. The van der Waals surface area contributed by atoms with Gasteiger partial charge in [0.1, 0.15) is 0 Å². The second kappa shape index (κ2) is 6.58. The lowest BCUT2D eigenvalue weighted by atomic mass is 10.3. The van der Waals surface area contributed by atoms with Gasteiger partial charge in [-0.25, -0.2) is 0 Å². The molecular formula is C12H10BrN3O3S. The number of hydrogen-bond donors (Lipinski definition) is 3. The number of nitrogens with one attached hydrogen (secondary N) is 2. The summed E-state index contributed by atoms with van der Waals surface area (Å²) >= 11 is 4.35. The van der Waals surface area contributed by atoms with Crippen LogP contribution in [-0.4, -0.2) is 26.7 Å². The van der Waals surface area contributed by atoms with Gasteiger partial charge in [-0.3, -0.25) is 9.59 Å². The van der Waals surface area contributed by atoms with Crippen molar-refractivity contribution in [2.24, 2.45) is 0 Å². The van der Waals surface area contributed by atoms with Crippen molar-refractivity contribution in [2.45, 2.75) is 5.16 Å². The average molecular weight is 356 g/mol. The fraction of sp³-hybridized carbons (Fsp3) is 0.0833. The maximum Gasteiger partial charge on any atom is 0.255 e. The molecule has 0 saturated heterocycles. The Kier molecular flexibility index (Phi) is 4.80. The van der Waals surface area contributed by atoms with E-state index >= 15 is 0 Å². The normalized spacial score (nSPS) is 10.2. The molecule has 0 spiro atoms. The minimum atomic E-state index is -0.466. The molecule has 0 aliphatic rings. The number of thioether (sulfide) groups is 1. The summed E-state index contributed by atoms with van der Waals surface area (Å²) in [6, 6.07) is 8.20. The van der Waals surface area contributed by atoms with Crippen LogP contribution in [0.5, 0.6) is 5.88 Å². The van der Waals surface area contributed by atoms with Gasteiger partial charge in [-0.15, -0.1) is 0 Å². The molecule has 0 saturated carbocycles. The number of anilines is 1. The van der Waals surface area contributed by atoms with E-state index in [1.807, 2.05) is 18.2 Å². The number of nitrogens with zero attached hydrogens (tertiary/aromatic N) is 1. The minimum Gasteiger partial charge on any atom is -0.493 e. The predicted molar refractivity (Wildman–Crippen MR) is 80.0 cm³/mol. The van der Waals surface area contributed by atoms with Crippen molar-refractivity contribution in [3.8, 4) is 5.88 Å². The Bertz CT molecular complexity index is 690. The van der Waals surface area contributed by atoms with Crippen LogP contribution in [-0.2, 0) is 4.79 Å². The van der Waals surface area contributed by atoms with Crippen LogP contribution in [0.25, 0.3) is 0 Å². The molecule has 2 aromatic rings. The fourth-order valence-electron chi connectivity index (χ4n) is 1.37. The van der Waals surface area contributed by atoms with Gasteiger partial charge in [0.2, 0.25) is 11.8 Å². The predicted octanol–water partition coefficient (Wildman–Crippen LogP) is 1.97.